The number of hydrogen-bond donors (Lipinski definition) is 1. The Morgan fingerprint density at radius 3 is 2.65 bits per heavy atom. The molecule has 114 valence electrons. The molecular formula is C13H22N2O3S2. The molecule has 0 spiro atoms. The third-order valence-corrected chi connectivity index (χ3v) is 6.02. The Balaban J connectivity index is 2.07. The highest BCUT2D eigenvalue weighted by Gasteiger charge is 2.25. The number of nitrogens with one attached hydrogen (secondary N) is 1. The van der Waals surface area contributed by atoms with Crippen molar-refractivity contribution < 1.29 is 13.2 Å². The summed E-state index contributed by atoms with van der Waals surface area (Å²) in [7, 11) is -3.23. The van der Waals surface area contributed by atoms with E-state index in [1.54, 1.807) is 25.2 Å². The van der Waals surface area contributed by atoms with Gasteiger partial charge in [0.1, 0.15) is 0 Å². The zero-order valence-electron chi connectivity index (χ0n) is 11.9. The van der Waals surface area contributed by atoms with Gasteiger partial charge in [-0.1, -0.05) is 0 Å². The predicted octanol–water partition coefficient (Wildman–Crippen LogP) is 1.45. The number of rotatable bonds is 6. The van der Waals surface area contributed by atoms with Crippen LogP contribution in [0.3, 0.4) is 0 Å². The number of sulfonamides is 1. The zero-order valence-corrected chi connectivity index (χ0v) is 13.5. The SMILES string of the molecule is CC(C)S(=O)(=O)NCC(c1ccsc1)N1CCOCC1. The standard InChI is InChI=1S/C13H22N2O3S2/c1-11(2)20(16,17)14-9-13(12-3-8-19-10-12)15-4-6-18-7-5-15/h3,8,10-11,13-14H,4-7,9H2,1-2H3. The summed E-state index contributed by atoms with van der Waals surface area (Å²) < 4.78 is 32.0. The van der Waals surface area contributed by atoms with Crippen molar-refractivity contribution in [2.75, 3.05) is 32.8 Å². The first-order valence-electron chi connectivity index (χ1n) is 6.83. The molecule has 20 heavy (non-hydrogen) atoms. The fraction of sp³-hybridized carbons (Fsp3) is 0.692. The molecule has 1 aliphatic heterocycles. The number of hydrogen-bond acceptors (Lipinski definition) is 5. The van der Waals surface area contributed by atoms with Gasteiger partial charge in [0.25, 0.3) is 0 Å². The number of thiophene rings is 1. The zero-order chi connectivity index (χ0) is 14.6. The molecule has 1 saturated heterocycles. The van der Waals surface area contributed by atoms with Gasteiger partial charge in [-0.25, -0.2) is 13.1 Å². The Morgan fingerprint density at radius 1 is 1.40 bits per heavy atom. The van der Waals surface area contributed by atoms with Gasteiger partial charge < -0.3 is 4.74 Å². The maximum atomic E-state index is 11.9. The van der Waals surface area contributed by atoms with Crippen molar-refractivity contribution in [1.82, 2.24) is 9.62 Å². The van der Waals surface area contributed by atoms with Gasteiger partial charge in [-0.15, -0.1) is 0 Å². The average Bonchev–Trinajstić information content (AvgIpc) is 2.94. The number of nitrogens with zero attached hydrogens (tertiary/aromatic N) is 1. The van der Waals surface area contributed by atoms with Crippen LogP contribution in [0.5, 0.6) is 0 Å². The first kappa shape index (κ1) is 15.9. The summed E-state index contributed by atoms with van der Waals surface area (Å²) in [6, 6.07) is 2.15. The molecule has 1 fully saturated rings. The molecule has 0 aromatic carbocycles. The molecule has 1 aromatic heterocycles. The highest BCUT2D eigenvalue weighted by atomic mass is 32.2. The van der Waals surface area contributed by atoms with E-state index >= 15 is 0 Å². The van der Waals surface area contributed by atoms with E-state index < -0.39 is 15.3 Å². The molecule has 1 unspecified atom stereocenters. The highest BCUT2D eigenvalue weighted by Crippen LogP contribution is 2.23. The fourth-order valence-corrected chi connectivity index (χ4v) is 3.60. The number of morpholine rings is 1. The van der Waals surface area contributed by atoms with Crippen molar-refractivity contribution in [3.05, 3.63) is 22.4 Å². The molecule has 5 nitrogen and oxygen atoms in total. The van der Waals surface area contributed by atoms with Crippen molar-refractivity contribution in [1.29, 1.82) is 0 Å². The lowest BCUT2D eigenvalue weighted by Gasteiger charge is -2.34. The molecule has 7 heteroatoms. The first-order valence-corrected chi connectivity index (χ1v) is 9.32. The van der Waals surface area contributed by atoms with Crippen molar-refractivity contribution in [3.63, 3.8) is 0 Å². The quantitative estimate of drug-likeness (QED) is 0.862. The summed E-state index contributed by atoms with van der Waals surface area (Å²) >= 11 is 1.64. The van der Waals surface area contributed by atoms with Crippen LogP contribution >= 0.6 is 11.3 Å². The molecule has 1 aromatic rings. The summed E-state index contributed by atoms with van der Waals surface area (Å²) in [4.78, 5) is 2.29. The fourth-order valence-electron chi connectivity index (χ4n) is 2.17. The van der Waals surface area contributed by atoms with E-state index in [1.807, 2.05) is 5.38 Å². The van der Waals surface area contributed by atoms with Crippen molar-refractivity contribution >= 4 is 21.4 Å². The highest BCUT2D eigenvalue weighted by molar-refractivity contribution is 7.90. The van der Waals surface area contributed by atoms with Gasteiger partial charge in [0, 0.05) is 25.7 Å². The van der Waals surface area contributed by atoms with Gasteiger partial charge in [0.2, 0.25) is 10.0 Å². The molecule has 2 rings (SSSR count). The monoisotopic (exact) mass is 318 g/mol. The van der Waals surface area contributed by atoms with Gasteiger partial charge in [0.05, 0.1) is 18.5 Å². The van der Waals surface area contributed by atoms with Crippen LogP contribution in [0, 0.1) is 0 Å². The lowest BCUT2D eigenvalue weighted by Crippen LogP contribution is -2.44. The molecule has 1 aliphatic rings. The summed E-state index contributed by atoms with van der Waals surface area (Å²) in [5, 5.41) is 3.71. The Morgan fingerprint density at radius 2 is 2.10 bits per heavy atom. The Labute approximate surface area is 125 Å². The third kappa shape index (κ3) is 4.02. The third-order valence-electron chi connectivity index (χ3n) is 3.51. The summed E-state index contributed by atoms with van der Waals surface area (Å²) in [6.45, 7) is 6.88. The van der Waals surface area contributed by atoms with Crippen LogP contribution in [0.1, 0.15) is 25.5 Å². The Kier molecular flexibility index (Phi) is 5.57. The molecule has 0 bridgehead atoms. The van der Waals surface area contributed by atoms with Crippen molar-refractivity contribution in [2.45, 2.75) is 25.1 Å². The Bertz CT molecular complexity index is 494. The average molecular weight is 318 g/mol. The normalized spacial score (nSPS) is 19.4. The summed E-state index contributed by atoms with van der Waals surface area (Å²) in [5.41, 5.74) is 1.17. The van der Waals surface area contributed by atoms with Crippen LogP contribution in [0.4, 0.5) is 0 Å². The molecule has 1 atom stereocenters. The van der Waals surface area contributed by atoms with E-state index in [9.17, 15) is 8.42 Å². The van der Waals surface area contributed by atoms with Gasteiger partial charge in [-0.3, -0.25) is 4.90 Å². The second kappa shape index (κ2) is 7.00. The van der Waals surface area contributed by atoms with E-state index in [4.69, 9.17) is 4.74 Å². The lowest BCUT2D eigenvalue weighted by molar-refractivity contribution is 0.0173. The van der Waals surface area contributed by atoms with Gasteiger partial charge in [0.15, 0.2) is 0 Å². The molecule has 2 heterocycles. The van der Waals surface area contributed by atoms with E-state index in [1.165, 1.54) is 5.56 Å². The number of ether oxygens (including phenoxy) is 1. The predicted molar refractivity (Wildman–Crippen MR) is 81.5 cm³/mol. The largest absolute Gasteiger partial charge is 0.379 e. The van der Waals surface area contributed by atoms with Crippen LogP contribution in [0.2, 0.25) is 0 Å². The van der Waals surface area contributed by atoms with Crippen LogP contribution in [-0.4, -0.2) is 51.4 Å². The molecule has 0 saturated carbocycles. The molecule has 1 N–H and O–H groups in total. The van der Waals surface area contributed by atoms with E-state index in [-0.39, 0.29) is 6.04 Å². The van der Waals surface area contributed by atoms with Crippen molar-refractivity contribution in [2.24, 2.45) is 0 Å². The Hall–Kier alpha value is -0.470. The maximum Gasteiger partial charge on any atom is 0.213 e. The minimum atomic E-state index is -3.23. The van der Waals surface area contributed by atoms with Gasteiger partial charge in [-0.2, -0.15) is 11.3 Å². The van der Waals surface area contributed by atoms with Crippen LogP contribution < -0.4 is 4.72 Å². The molecule has 0 radical (unpaired) electrons. The van der Waals surface area contributed by atoms with E-state index in [0.717, 1.165) is 13.1 Å². The minimum Gasteiger partial charge on any atom is -0.379 e. The first-order chi connectivity index (χ1) is 9.50. The van der Waals surface area contributed by atoms with E-state index in [0.29, 0.717) is 19.8 Å². The maximum absolute atomic E-state index is 11.9. The van der Waals surface area contributed by atoms with Crippen LogP contribution in [0.15, 0.2) is 16.8 Å². The van der Waals surface area contributed by atoms with Gasteiger partial charge in [-0.05, 0) is 36.2 Å². The summed E-state index contributed by atoms with van der Waals surface area (Å²) in [6.07, 6.45) is 0. The minimum absolute atomic E-state index is 0.0821. The molecule has 0 amide bonds. The van der Waals surface area contributed by atoms with E-state index in [2.05, 4.69) is 21.1 Å². The summed E-state index contributed by atoms with van der Waals surface area (Å²) in [5.74, 6) is 0. The second-order valence-electron chi connectivity index (χ2n) is 5.16. The van der Waals surface area contributed by atoms with Crippen LogP contribution in [-0.2, 0) is 14.8 Å². The second-order valence-corrected chi connectivity index (χ2v) is 8.26. The smallest absolute Gasteiger partial charge is 0.213 e. The van der Waals surface area contributed by atoms with Crippen LogP contribution in [0.25, 0.3) is 0 Å². The van der Waals surface area contributed by atoms with Gasteiger partial charge >= 0.3 is 0 Å². The topological polar surface area (TPSA) is 58.6 Å². The lowest BCUT2D eigenvalue weighted by atomic mass is 10.1. The van der Waals surface area contributed by atoms with Crippen molar-refractivity contribution in [3.8, 4) is 0 Å². The molecule has 0 aliphatic carbocycles. The molecular weight excluding hydrogens is 296 g/mol.